The van der Waals surface area contributed by atoms with E-state index in [-0.39, 0.29) is 4.48 Å². The lowest BCUT2D eigenvalue weighted by atomic mass is 10.1. The second-order valence-electron chi connectivity index (χ2n) is 2.99. The molecule has 0 aliphatic rings. The number of hydrogen-bond acceptors (Lipinski definition) is 1. The highest BCUT2D eigenvalue weighted by Gasteiger charge is 2.34. The van der Waals surface area contributed by atoms with Crippen molar-refractivity contribution in [1.82, 2.24) is 0 Å². The van der Waals surface area contributed by atoms with Gasteiger partial charge in [0.1, 0.15) is 7.72 Å². The Morgan fingerprint density at radius 1 is 1.18 bits per heavy atom. The molecule has 0 heterocycles. The Balaban J connectivity index is 3.34. The van der Waals surface area contributed by atoms with Crippen LogP contribution in [-0.2, 0) is 8.03 Å². The van der Waals surface area contributed by atoms with Crippen molar-refractivity contribution >= 4 is 85.6 Å². The molecule has 1 rings (SSSR count). The van der Waals surface area contributed by atoms with Gasteiger partial charge in [-0.25, -0.2) is 4.79 Å². The second kappa shape index (κ2) is 6.32. The average molecular weight is 557 g/mol. The Labute approximate surface area is 140 Å². The van der Waals surface area contributed by atoms with Crippen molar-refractivity contribution in [2.45, 2.75) is 3.23 Å². The number of carboxylic acid groups (broad SMARTS) is 1. The van der Waals surface area contributed by atoms with Gasteiger partial charge in [0.05, 0.1) is 0 Å². The molecule has 0 aliphatic heterocycles. The molecule has 0 saturated carbocycles. The number of halogens is 5. The van der Waals surface area contributed by atoms with Gasteiger partial charge in [-0.3, -0.25) is 0 Å². The summed E-state index contributed by atoms with van der Waals surface area (Å²) in [6, 6.07) is 7.50. The van der Waals surface area contributed by atoms with Crippen LogP contribution in [0.15, 0.2) is 37.7 Å². The zero-order chi connectivity index (χ0) is 13.2. The predicted octanol–water partition coefficient (Wildman–Crippen LogP) is 5.48. The Bertz CT molecular complexity index is 481. The normalized spacial score (nSPS) is 13.2. The van der Waals surface area contributed by atoms with Crippen LogP contribution in [0.2, 0.25) is 0 Å². The molecule has 2 nitrogen and oxygen atoms in total. The standard InChI is InChI=1S/C10H5Br5O2/c11-6-4-2-1-3-5(6)10(14,15)8(13)7(12)9(16)17/h1-4H,(H,16,17). The van der Waals surface area contributed by atoms with Gasteiger partial charge in [-0.05, 0) is 27.6 Å². The van der Waals surface area contributed by atoms with Crippen LogP contribution in [0.5, 0.6) is 0 Å². The molecular weight excluding hydrogens is 552 g/mol. The Morgan fingerprint density at radius 3 is 2.18 bits per heavy atom. The van der Waals surface area contributed by atoms with Gasteiger partial charge in [-0.15, -0.1) is 0 Å². The topological polar surface area (TPSA) is 37.3 Å². The summed E-state index contributed by atoms with van der Waals surface area (Å²) < 4.78 is 0.528. The molecular formula is C10H5Br5O2. The lowest BCUT2D eigenvalue weighted by Crippen LogP contribution is -2.13. The van der Waals surface area contributed by atoms with E-state index in [0.29, 0.717) is 4.48 Å². The molecule has 1 aromatic carbocycles. The fourth-order valence-corrected chi connectivity index (χ4v) is 4.48. The Hall–Kier alpha value is 0.830. The number of hydrogen-bond donors (Lipinski definition) is 1. The van der Waals surface area contributed by atoms with E-state index >= 15 is 0 Å². The number of carboxylic acids is 1. The first kappa shape index (κ1) is 15.9. The summed E-state index contributed by atoms with van der Waals surface area (Å²) in [5, 5.41) is 8.94. The molecule has 1 N–H and O–H groups in total. The SMILES string of the molecule is O=C(O)C(Br)=C(Br)C(Br)(Br)c1ccccc1Br. The van der Waals surface area contributed by atoms with Crippen molar-refractivity contribution in [3.63, 3.8) is 0 Å². The van der Waals surface area contributed by atoms with Gasteiger partial charge < -0.3 is 5.11 Å². The van der Waals surface area contributed by atoms with Crippen LogP contribution in [0, 0.1) is 0 Å². The smallest absolute Gasteiger partial charge is 0.343 e. The van der Waals surface area contributed by atoms with E-state index in [1.807, 2.05) is 24.3 Å². The number of alkyl halides is 2. The predicted molar refractivity (Wildman–Crippen MR) is 86.2 cm³/mol. The van der Waals surface area contributed by atoms with E-state index in [1.165, 1.54) is 0 Å². The van der Waals surface area contributed by atoms with Gasteiger partial charge in [-0.2, -0.15) is 0 Å². The Kier molecular flexibility index (Phi) is 5.91. The monoisotopic (exact) mass is 552 g/mol. The highest BCUT2D eigenvalue weighted by atomic mass is 79.9. The molecule has 0 radical (unpaired) electrons. The van der Waals surface area contributed by atoms with E-state index in [1.54, 1.807) is 0 Å². The largest absolute Gasteiger partial charge is 0.477 e. The summed E-state index contributed by atoms with van der Waals surface area (Å²) in [5.41, 5.74) is 0.852. The van der Waals surface area contributed by atoms with Gasteiger partial charge in [0, 0.05) is 8.96 Å². The van der Waals surface area contributed by atoms with Crippen molar-refractivity contribution in [3.05, 3.63) is 43.3 Å². The number of aliphatic carboxylic acids is 1. The molecule has 0 fully saturated rings. The van der Waals surface area contributed by atoms with Crippen molar-refractivity contribution in [1.29, 1.82) is 0 Å². The van der Waals surface area contributed by atoms with Crippen LogP contribution in [-0.4, -0.2) is 11.1 Å². The highest BCUT2D eigenvalue weighted by molar-refractivity contribution is 9.26. The number of carbonyl (C=O) groups is 1. The fourth-order valence-electron chi connectivity index (χ4n) is 1.07. The van der Waals surface area contributed by atoms with Crippen LogP contribution in [0.3, 0.4) is 0 Å². The first-order valence-corrected chi connectivity index (χ1v) is 8.16. The van der Waals surface area contributed by atoms with Crippen molar-refractivity contribution in [2.75, 3.05) is 0 Å². The van der Waals surface area contributed by atoms with E-state index in [2.05, 4.69) is 79.6 Å². The van der Waals surface area contributed by atoms with Crippen molar-refractivity contribution in [2.24, 2.45) is 0 Å². The third kappa shape index (κ3) is 3.65. The fraction of sp³-hybridized carbons (Fsp3) is 0.100. The minimum atomic E-state index is -1.05. The number of rotatable bonds is 3. The molecule has 0 unspecified atom stereocenters. The zero-order valence-electron chi connectivity index (χ0n) is 8.05. The first-order valence-electron chi connectivity index (χ1n) is 4.20. The molecule has 0 aliphatic carbocycles. The highest BCUT2D eigenvalue weighted by Crippen LogP contribution is 2.51. The summed E-state index contributed by atoms with van der Waals surface area (Å²) in [5.74, 6) is -1.05. The van der Waals surface area contributed by atoms with Crippen LogP contribution < -0.4 is 0 Å². The minimum absolute atomic E-state index is 0.0435. The van der Waals surface area contributed by atoms with Crippen LogP contribution in [0.1, 0.15) is 5.56 Å². The van der Waals surface area contributed by atoms with Gasteiger partial charge in [0.2, 0.25) is 0 Å². The summed E-state index contributed by atoms with van der Waals surface area (Å²) in [4.78, 5) is 10.9. The summed E-state index contributed by atoms with van der Waals surface area (Å²) >= 11 is 16.6. The molecule has 0 amide bonds. The molecule has 0 saturated heterocycles. The van der Waals surface area contributed by atoms with E-state index in [4.69, 9.17) is 5.11 Å². The second-order valence-corrected chi connectivity index (χ2v) is 8.87. The number of allylic oxidation sites excluding steroid dienone is 1. The van der Waals surface area contributed by atoms with E-state index in [0.717, 1.165) is 10.0 Å². The molecule has 17 heavy (non-hydrogen) atoms. The number of benzene rings is 1. The molecule has 0 aromatic heterocycles. The van der Waals surface area contributed by atoms with E-state index in [9.17, 15) is 4.79 Å². The molecule has 1 aromatic rings. The zero-order valence-corrected chi connectivity index (χ0v) is 16.0. The third-order valence-corrected chi connectivity index (χ3v) is 7.53. The maximum Gasteiger partial charge on any atom is 0.343 e. The lowest BCUT2D eigenvalue weighted by molar-refractivity contribution is -0.131. The maximum atomic E-state index is 10.9. The van der Waals surface area contributed by atoms with Crippen molar-refractivity contribution < 1.29 is 9.90 Å². The van der Waals surface area contributed by atoms with E-state index < -0.39 is 9.20 Å². The summed E-state index contributed by atoms with van der Waals surface area (Å²) in [6.45, 7) is 0. The van der Waals surface area contributed by atoms with Crippen LogP contribution in [0.4, 0.5) is 0 Å². The maximum absolute atomic E-state index is 10.9. The van der Waals surface area contributed by atoms with Gasteiger partial charge in [-0.1, -0.05) is 81.9 Å². The van der Waals surface area contributed by atoms with Gasteiger partial charge >= 0.3 is 5.97 Å². The summed E-state index contributed by atoms with van der Waals surface area (Å²) in [7, 11) is 0. The van der Waals surface area contributed by atoms with Gasteiger partial charge in [0.15, 0.2) is 0 Å². The summed E-state index contributed by atoms with van der Waals surface area (Å²) in [6.07, 6.45) is 0. The Morgan fingerprint density at radius 2 is 1.71 bits per heavy atom. The third-order valence-electron chi connectivity index (χ3n) is 1.87. The molecule has 0 spiro atoms. The minimum Gasteiger partial charge on any atom is -0.477 e. The van der Waals surface area contributed by atoms with Crippen LogP contribution >= 0.6 is 79.6 Å². The van der Waals surface area contributed by atoms with Crippen LogP contribution in [0.25, 0.3) is 0 Å². The molecule has 92 valence electrons. The molecule has 7 heteroatoms. The lowest BCUT2D eigenvalue weighted by Gasteiger charge is -2.22. The molecule has 0 atom stereocenters. The van der Waals surface area contributed by atoms with Crippen molar-refractivity contribution in [3.8, 4) is 0 Å². The quantitative estimate of drug-likeness (QED) is 0.396. The molecule has 0 bridgehead atoms. The first-order chi connectivity index (χ1) is 7.78. The average Bonchev–Trinajstić information content (AvgIpc) is 2.27. The van der Waals surface area contributed by atoms with Gasteiger partial charge in [0.25, 0.3) is 0 Å².